The molecule has 0 fully saturated rings. The second-order valence-corrected chi connectivity index (χ2v) is 6.24. The largest absolute Gasteiger partial charge is 0.493 e. The SMILES string of the molecule is COc1cc(CNc2ncnc(N3CC=CCC3)c2[N+](=O)[O-])cc(OC)c1OC. The zero-order valence-corrected chi connectivity index (χ0v) is 16.5. The molecule has 2 aromatic rings. The summed E-state index contributed by atoms with van der Waals surface area (Å²) in [4.78, 5) is 21.4. The van der Waals surface area contributed by atoms with Crippen molar-refractivity contribution in [1.29, 1.82) is 0 Å². The summed E-state index contributed by atoms with van der Waals surface area (Å²) in [6.07, 6.45) is 6.17. The summed E-state index contributed by atoms with van der Waals surface area (Å²) in [5.74, 6) is 1.94. The van der Waals surface area contributed by atoms with Gasteiger partial charge in [-0.05, 0) is 24.1 Å². The van der Waals surface area contributed by atoms with Crippen molar-refractivity contribution in [2.24, 2.45) is 0 Å². The molecule has 154 valence electrons. The molecule has 0 bridgehead atoms. The van der Waals surface area contributed by atoms with E-state index < -0.39 is 4.92 Å². The van der Waals surface area contributed by atoms with E-state index >= 15 is 0 Å². The highest BCUT2D eigenvalue weighted by atomic mass is 16.6. The summed E-state index contributed by atoms with van der Waals surface area (Å²) >= 11 is 0. The maximum atomic E-state index is 11.8. The van der Waals surface area contributed by atoms with Gasteiger partial charge >= 0.3 is 5.69 Å². The Balaban J connectivity index is 1.89. The molecule has 2 heterocycles. The van der Waals surface area contributed by atoms with Gasteiger partial charge < -0.3 is 24.4 Å². The van der Waals surface area contributed by atoms with Crippen molar-refractivity contribution in [1.82, 2.24) is 9.97 Å². The lowest BCUT2D eigenvalue weighted by atomic mass is 10.1. The van der Waals surface area contributed by atoms with Gasteiger partial charge in [0.2, 0.25) is 17.4 Å². The Morgan fingerprint density at radius 2 is 1.86 bits per heavy atom. The molecular formula is C19H23N5O5. The zero-order chi connectivity index (χ0) is 20.8. The Bertz CT molecular complexity index is 893. The summed E-state index contributed by atoms with van der Waals surface area (Å²) in [5, 5.41) is 14.8. The number of hydrogen-bond donors (Lipinski definition) is 1. The maximum Gasteiger partial charge on any atom is 0.353 e. The van der Waals surface area contributed by atoms with Crippen LogP contribution < -0.4 is 24.4 Å². The van der Waals surface area contributed by atoms with Gasteiger partial charge in [0.1, 0.15) is 6.33 Å². The number of nitrogens with one attached hydrogen (secondary N) is 1. The molecule has 1 aromatic carbocycles. The zero-order valence-electron chi connectivity index (χ0n) is 16.5. The standard InChI is InChI=1S/C19H23N5O5/c1-27-14-9-13(10-15(28-2)17(14)29-3)11-20-18-16(24(25)26)19(22-12-21-18)23-7-5-4-6-8-23/h4-5,9-10,12H,6-8,11H2,1-3H3,(H,20,21,22). The Morgan fingerprint density at radius 1 is 1.14 bits per heavy atom. The Morgan fingerprint density at radius 3 is 2.41 bits per heavy atom. The number of aromatic nitrogens is 2. The van der Waals surface area contributed by atoms with Crippen molar-refractivity contribution in [2.75, 3.05) is 44.6 Å². The van der Waals surface area contributed by atoms with Gasteiger partial charge in [0, 0.05) is 19.6 Å². The van der Waals surface area contributed by atoms with E-state index in [0.29, 0.717) is 36.2 Å². The van der Waals surface area contributed by atoms with Crippen molar-refractivity contribution in [3.05, 3.63) is 46.3 Å². The lowest BCUT2D eigenvalue weighted by Gasteiger charge is -2.24. The highest BCUT2D eigenvalue weighted by Gasteiger charge is 2.27. The molecule has 0 saturated carbocycles. The highest BCUT2D eigenvalue weighted by Crippen LogP contribution is 2.39. The molecule has 10 nitrogen and oxygen atoms in total. The molecule has 1 N–H and O–H groups in total. The molecule has 0 radical (unpaired) electrons. The van der Waals surface area contributed by atoms with Gasteiger partial charge in [0.15, 0.2) is 11.5 Å². The normalized spacial score (nSPS) is 13.1. The Labute approximate surface area is 168 Å². The smallest absolute Gasteiger partial charge is 0.353 e. The van der Waals surface area contributed by atoms with E-state index in [-0.39, 0.29) is 18.1 Å². The first-order chi connectivity index (χ1) is 14.1. The van der Waals surface area contributed by atoms with E-state index in [1.807, 2.05) is 17.1 Å². The minimum atomic E-state index is -0.453. The molecule has 0 atom stereocenters. The predicted molar refractivity (Wildman–Crippen MR) is 108 cm³/mol. The Kier molecular flexibility index (Phi) is 6.32. The van der Waals surface area contributed by atoms with E-state index in [0.717, 1.165) is 12.0 Å². The van der Waals surface area contributed by atoms with Crippen LogP contribution in [0.4, 0.5) is 17.3 Å². The number of nitro groups is 1. The molecule has 0 saturated heterocycles. The number of ether oxygens (including phenoxy) is 3. The molecule has 3 rings (SSSR count). The summed E-state index contributed by atoms with van der Waals surface area (Å²) in [6.45, 7) is 1.51. The topological polar surface area (TPSA) is 112 Å². The summed E-state index contributed by atoms with van der Waals surface area (Å²) < 4.78 is 16.0. The van der Waals surface area contributed by atoms with Gasteiger partial charge in [-0.15, -0.1) is 0 Å². The lowest BCUT2D eigenvalue weighted by Crippen LogP contribution is -2.28. The number of hydrogen-bond acceptors (Lipinski definition) is 9. The summed E-state index contributed by atoms with van der Waals surface area (Å²) in [6, 6.07) is 3.55. The van der Waals surface area contributed by atoms with Crippen molar-refractivity contribution >= 4 is 17.3 Å². The molecule has 0 spiro atoms. The van der Waals surface area contributed by atoms with Crippen molar-refractivity contribution in [3.8, 4) is 17.2 Å². The minimum Gasteiger partial charge on any atom is -0.493 e. The predicted octanol–water partition coefficient (Wildman–Crippen LogP) is 2.79. The van der Waals surface area contributed by atoms with E-state index in [1.54, 1.807) is 12.1 Å². The number of methoxy groups -OCH3 is 3. The van der Waals surface area contributed by atoms with Crippen molar-refractivity contribution in [2.45, 2.75) is 13.0 Å². The van der Waals surface area contributed by atoms with Crippen LogP contribution in [0.15, 0.2) is 30.6 Å². The number of rotatable bonds is 8. The minimum absolute atomic E-state index is 0.143. The number of anilines is 2. The van der Waals surface area contributed by atoms with Gasteiger partial charge in [-0.2, -0.15) is 0 Å². The molecule has 1 aromatic heterocycles. The fourth-order valence-corrected chi connectivity index (χ4v) is 3.16. The molecule has 10 heteroatoms. The van der Waals surface area contributed by atoms with Crippen LogP contribution in [0.2, 0.25) is 0 Å². The van der Waals surface area contributed by atoms with Gasteiger partial charge in [0.25, 0.3) is 0 Å². The second kappa shape index (κ2) is 9.09. The van der Waals surface area contributed by atoms with Gasteiger partial charge in [-0.3, -0.25) is 10.1 Å². The van der Waals surface area contributed by atoms with Gasteiger partial charge in [-0.1, -0.05) is 12.2 Å². The van der Waals surface area contributed by atoms with Crippen LogP contribution in [0.5, 0.6) is 17.2 Å². The van der Waals surface area contributed by atoms with Crippen LogP contribution in [0, 0.1) is 10.1 Å². The van der Waals surface area contributed by atoms with Crippen LogP contribution in [-0.4, -0.2) is 49.3 Å². The van der Waals surface area contributed by atoms with E-state index in [1.165, 1.54) is 27.7 Å². The van der Waals surface area contributed by atoms with Crippen LogP contribution in [0.3, 0.4) is 0 Å². The fraction of sp³-hybridized carbons (Fsp3) is 0.368. The van der Waals surface area contributed by atoms with Crippen LogP contribution in [-0.2, 0) is 6.54 Å². The van der Waals surface area contributed by atoms with Gasteiger partial charge in [-0.25, -0.2) is 9.97 Å². The Hall–Kier alpha value is -3.56. The molecule has 1 aliphatic heterocycles. The average Bonchev–Trinajstić information content (AvgIpc) is 2.76. The first-order valence-electron chi connectivity index (χ1n) is 9.01. The molecule has 0 amide bonds. The molecule has 0 unspecified atom stereocenters. The molecule has 1 aliphatic rings. The lowest BCUT2D eigenvalue weighted by molar-refractivity contribution is -0.383. The maximum absolute atomic E-state index is 11.8. The number of nitrogens with zero attached hydrogens (tertiary/aromatic N) is 4. The first-order valence-corrected chi connectivity index (χ1v) is 9.01. The first kappa shape index (κ1) is 20.2. The molecule has 29 heavy (non-hydrogen) atoms. The molecular weight excluding hydrogens is 378 g/mol. The van der Waals surface area contributed by atoms with E-state index in [9.17, 15) is 10.1 Å². The molecule has 0 aliphatic carbocycles. The third kappa shape index (κ3) is 4.31. The summed E-state index contributed by atoms with van der Waals surface area (Å²) in [5.41, 5.74) is 0.644. The average molecular weight is 401 g/mol. The van der Waals surface area contributed by atoms with E-state index in [4.69, 9.17) is 14.2 Å². The van der Waals surface area contributed by atoms with Gasteiger partial charge in [0.05, 0.1) is 26.3 Å². The number of benzene rings is 1. The van der Waals surface area contributed by atoms with Crippen molar-refractivity contribution in [3.63, 3.8) is 0 Å². The second-order valence-electron chi connectivity index (χ2n) is 6.24. The fourth-order valence-electron chi connectivity index (χ4n) is 3.16. The third-order valence-electron chi connectivity index (χ3n) is 4.53. The van der Waals surface area contributed by atoms with Crippen LogP contribution in [0.25, 0.3) is 0 Å². The van der Waals surface area contributed by atoms with Crippen molar-refractivity contribution < 1.29 is 19.1 Å². The van der Waals surface area contributed by atoms with E-state index in [2.05, 4.69) is 15.3 Å². The third-order valence-corrected chi connectivity index (χ3v) is 4.53. The van der Waals surface area contributed by atoms with Crippen LogP contribution >= 0.6 is 0 Å². The summed E-state index contributed by atoms with van der Waals surface area (Å²) in [7, 11) is 4.59. The quantitative estimate of drug-likeness (QED) is 0.405. The highest BCUT2D eigenvalue weighted by molar-refractivity contribution is 5.70. The van der Waals surface area contributed by atoms with Crippen LogP contribution in [0.1, 0.15) is 12.0 Å². The monoisotopic (exact) mass is 401 g/mol.